The number of hydrogen-bond donors (Lipinski definition) is 0. The van der Waals surface area contributed by atoms with Gasteiger partial charge in [0, 0.05) is 12.6 Å². The van der Waals surface area contributed by atoms with Crippen molar-refractivity contribution >= 4 is 17.7 Å². The van der Waals surface area contributed by atoms with Crippen LogP contribution < -0.4 is 0 Å². The Kier molecular flexibility index (Phi) is 4.89. The molecule has 0 aliphatic carbocycles. The summed E-state index contributed by atoms with van der Waals surface area (Å²) >= 11 is 0. The largest absolute Gasteiger partial charge is 0.334 e. The second-order valence-electron chi connectivity index (χ2n) is 6.75. The summed E-state index contributed by atoms with van der Waals surface area (Å²) in [6, 6.07) is 15.4. The Morgan fingerprint density at radius 3 is 1.88 bits per heavy atom. The molecule has 1 aliphatic rings. The highest BCUT2D eigenvalue weighted by Gasteiger charge is 2.42. The van der Waals surface area contributed by atoms with Crippen LogP contribution in [-0.2, 0) is 11.3 Å². The minimum absolute atomic E-state index is 0.0552. The predicted octanol–water partition coefficient (Wildman–Crippen LogP) is 3.11. The Hall–Kier alpha value is -2.95. The molecule has 5 nitrogen and oxygen atoms in total. The van der Waals surface area contributed by atoms with E-state index in [1.807, 2.05) is 44.2 Å². The highest BCUT2D eigenvalue weighted by molar-refractivity contribution is 6.22. The zero-order chi connectivity index (χ0) is 18.8. The number of benzene rings is 2. The van der Waals surface area contributed by atoms with Gasteiger partial charge >= 0.3 is 0 Å². The first-order chi connectivity index (χ1) is 12.4. The average molecular weight is 350 g/mol. The average Bonchev–Trinajstić information content (AvgIpc) is 2.90. The summed E-state index contributed by atoms with van der Waals surface area (Å²) in [6.07, 6.45) is 0. The molecule has 1 heterocycles. The molecule has 2 aromatic carbocycles. The molecule has 0 fully saturated rings. The minimum atomic E-state index is -0.853. The van der Waals surface area contributed by atoms with Gasteiger partial charge in [0.1, 0.15) is 6.04 Å². The molecule has 0 bridgehead atoms. The molecular weight excluding hydrogens is 328 g/mol. The van der Waals surface area contributed by atoms with E-state index in [0.29, 0.717) is 17.7 Å². The summed E-state index contributed by atoms with van der Waals surface area (Å²) in [5.41, 5.74) is 1.72. The molecule has 3 rings (SSSR count). The molecule has 1 aliphatic heterocycles. The lowest BCUT2D eigenvalue weighted by molar-refractivity contribution is -0.137. The van der Waals surface area contributed by atoms with Crippen molar-refractivity contribution in [1.29, 1.82) is 0 Å². The molecule has 3 amide bonds. The lowest BCUT2D eigenvalue weighted by atomic mass is 10.1. The number of carbonyl (C=O) groups excluding carboxylic acids is 3. The summed E-state index contributed by atoms with van der Waals surface area (Å²) in [5.74, 6) is -1.05. The molecule has 0 aromatic heterocycles. The highest BCUT2D eigenvalue weighted by atomic mass is 16.2. The van der Waals surface area contributed by atoms with Gasteiger partial charge < -0.3 is 4.90 Å². The molecule has 1 atom stereocenters. The number of carbonyl (C=O) groups is 3. The maximum absolute atomic E-state index is 13.1. The molecular formula is C21H22N2O3. The third kappa shape index (κ3) is 3.12. The van der Waals surface area contributed by atoms with Crippen LogP contribution in [-0.4, -0.2) is 39.6 Å². The Labute approximate surface area is 153 Å². The van der Waals surface area contributed by atoms with Crippen LogP contribution in [0.15, 0.2) is 54.6 Å². The molecule has 0 saturated carbocycles. The van der Waals surface area contributed by atoms with Crippen LogP contribution in [0.2, 0.25) is 0 Å². The Bertz CT molecular complexity index is 810. The van der Waals surface area contributed by atoms with Crippen molar-refractivity contribution in [2.45, 2.75) is 39.4 Å². The third-order valence-corrected chi connectivity index (χ3v) is 4.67. The van der Waals surface area contributed by atoms with Gasteiger partial charge in [-0.25, -0.2) is 0 Å². The lowest BCUT2D eigenvalue weighted by Crippen LogP contribution is -2.51. The third-order valence-electron chi connectivity index (χ3n) is 4.67. The van der Waals surface area contributed by atoms with Crippen LogP contribution in [0.3, 0.4) is 0 Å². The zero-order valence-electron chi connectivity index (χ0n) is 15.2. The van der Waals surface area contributed by atoms with Gasteiger partial charge in [-0.3, -0.25) is 19.3 Å². The van der Waals surface area contributed by atoms with Gasteiger partial charge in [-0.15, -0.1) is 0 Å². The van der Waals surface area contributed by atoms with Crippen LogP contribution in [0.25, 0.3) is 0 Å². The van der Waals surface area contributed by atoms with Crippen molar-refractivity contribution in [2.24, 2.45) is 0 Å². The topological polar surface area (TPSA) is 57.7 Å². The Morgan fingerprint density at radius 1 is 0.885 bits per heavy atom. The molecule has 0 saturated heterocycles. The van der Waals surface area contributed by atoms with Crippen molar-refractivity contribution in [3.63, 3.8) is 0 Å². The highest BCUT2D eigenvalue weighted by Crippen LogP contribution is 2.25. The summed E-state index contributed by atoms with van der Waals surface area (Å²) in [4.78, 5) is 41.1. The molecule has 26 heavy (non-hydrogen) atoms. The fourth-order valence-electron chi connectivity index (χ4n) is 3.21. The van der Waals surface area contributed by atoms with Crippen LogP contribution in [0.1, 0.15) is 47.1 Å². The number of rotatable bonds is 5. The first-order valence-electron chi connectivity index (χ1n) is 8.73. The number of hydrogen-bond acceptors (Lipinski definition) is 3. The van der Waals surface area contributed by atoms with Crippen molar-refractivity contribution < 1.29 is 14.4 Å². The van der Waals surface area contributed by atoms with E-state index in [1.54, 1.807) is 36.1 Å². The summed E-state index contributed by atoms with van der Waals surface area (Å²) in [6.45, 7) is 5.90. The second kappa shape index (κ2) is 7.12. The van der Waals surface area contributed by atoms with E-state index in [2.05, 4.69) is 0 Å². The quantitative estimate of drug-likeness (QED) is 0.779. The van der Waals surface area contributed by atoms with E-state index in [0.717, 1.165) is 10.5 Å². The van der Waals surface area contributed by atoms with Gasteiger partial charge in [-0.2, -0.15) is 0 Å². The van der Waals surface area contributed by atoms with E-state index < -0.39 is 17.9 Å². The number of imide groups is 1. The number of nitrogens with zero attached hydrogens (tertiary/aromatic N) is 2. The second-order valence-corrected chi connectivity index (χ2v) is 6.75. The van der Waals surface area contributed by atoms with E-state index >= 15 is 0 Å². The van der Waals surface area contributed by atoms with Crippen molar-refractivity contribution in [3.05, 3.63) is 71.3 Å². The molecule has 5 heteroatoms. The van der Waals surface area contributed by atoms with Gasteiger partial charge in [-0.05, 0) is 38.5 Å². The Morgan fingerprint density at radius 2 is 1.38 bits per heavy atom. The first kappa shape index (κ1) is 17.9. The minimum Gasteiger partial charge on any atom is -0.334 e. The van der Waals surface area contributed by atoms with Crippen LogP contribution in [0, 0.1) is 0 Å². The van der Waals surface area contributed by atoms with Gasteiger partial charge in [0.15, 0.2) is 0 Å². The molecule has 0 radical (unpaired) electrons. The van der Waals surface area contributed by atoms with Gasteiger partial charge in [-0.1, -0.05) is 42.5 Å². The van der Waals surface area contributed by atoms with Gasteiger partial charge in [0.2, 0.25) is 5.91 Å². The Balaban J connectivity index is 1.84. The number of amides is 3. The van der Waals surface area contributed by atoms with Crippen molar-refractivity contribution in [1.82, 2.24) is 9.80 Å². The monoisotopic (exact) mass is 350 g/mol. The number of fused-ring (bicyclic) bond motifs is 1. The van der Waals surface area contributed by atoms with Gasteiger partial charge in [0.25, 0.3) is 11.8 Å². The zero-order valence-corrected chi connectivity index (χ0v) is 15.2. The maximum Gasteiger partial charge on any atom is 0.262 e. The van der Waals surface area contributed by atoms with Crippen LogP contribution >= 0.6 is 0 Å². The normalized spacial score (nSPS) is 14.5. The molecule has 2 aromatic rings. The van der Waals surface area contributed by atoms with Crippen molar-refractivity contribution in [2.75, 3.05) is 0 Å². The van der Waals surface area contributed by atoms with Crippen molar-refractivity contribution in [3.8, 4) is 0 Å². The molecule has 0 spiro atoms. The summed E-state index contributed by atoms with van der Waals surface area (Å²) < 4.78 is 0. The van der Waals surface area contributed by atoms with E-state index in [4.69, 9.17) is 0 Å². The maximum atomic E-state index is 13.1. The first-order valence-corrected chi connectivity index (χ1v) is 8.73. The summed E-state index contributed by atoms with van der Waals surface area (Å²) in [7, 11) is 0. The fraction of sp³-hybridized carbons (Fsp3) is 0.286. The predicted molar refractivity (Wildman–Crippen MR) is 98.5 cm³/mol. The van der Waals surface area contributed by atoms with E-state index in [9.17, 15) is 14.4 Å². The smallest absolute Gasteiger partial charge is 0.262 e. The summed E-state index contributed by atoms with van der Waals surface area (Å²) in [5, 5.41) is 0. The molecule has 1 unspecified atom stereocenters. The SMILES string of the molecule is CC(C)N(Cc1ccccc1)C(=O)C(C)N1C(=O)c2ccccc2C1=O. The molecule has 0 N–H and O–H groups in total. The lowest BCUT2D eigenvalue weighted by Gasteiger charge is -2.32. The molecule has 134 valence electrons. The van der Waals surface area contributed by atoms with Crippen LogP contribution in [0.4, 0.5) is 0 Å². The van der Waals surface area contributed by atoms with Gasteiger partial charge in [0.05, 0.1) is 11.1 Å². The van der Waals surface area contributed by atoms with E-state index in [1.165, 1.54) is 0 Å². The standard InChI is InChI=1S/C21H22N2O3/c1-14(2)22(13-16-9-5-4-6-10-16)19(24)15(3)23-20(25)17-11-7-8-12-18(17)21(23)26/h4-12,14-15H,13H2,1-3H3. The van der Waals surface area contributed by atoms with E-state index in [-0.39, 0.29) is 11.9 Å². The fourth-order valence-corrected chi connectivity index (χ4v) is 3.21. The van der Waals surface area contributed by atoms with Crippen LogP contribution in [0.5, 0.6) is 0 Å².